The second-order valence-corrected chi connectivity index (χ2v) is 7.56. The summed E-state index contributed by atoms with van der Waals surface area (Å²) in [5.74, 6) is 0.971. The second-order valence-electron chi connectivity index (χ2n) is 7.56. The highest BCUT2D eigenvalue weighted by Gasteiger charge is 2.29. The Bertz CT molecular complexity index is 921. The first-order chi connectivity index (χ1) is 13.1. The Morgan fingerprint density at radius 3 is 2.74 bits per heavy atom. The van der Waals surface area contributed by atoms with Crippen LogP contribution in [0.3, 0.4) is 0 Å². The highest BCUT2D eigenvalue weighted by atomic mass is 16.3. The van der Waals surface area contributed by atoms with Gasteiger partial charge in [0.1, 0.15) is 5.58 Å². The van der Waals surface area contributed by atoms with Crippen LogP contribution in [0.15, 0.2) is 45.6 Å². The maximum absolute atomic E-state index is 12.6. The number of carbonyl (C=O) groups is 1. The van der Waals surface area contributed by atoms with Crippen LogP contribution in [0.4, 0.5) is 0 Å². The van der Waals surface area contributed by atoms with Gasteiger partial charge in [0.2, 0.25) is 5.91 Å². The zero-order chi connectivity index (χ0) is 18.8. The van der Waals surface area contributed by atoms with Gasteiger partial charge in [-0.15, -0.1) is 0 Å². The number of hydrogen-bond acceptors (Lipinski definition) is 3. The fourth-order valence-electron chi connectivity index (χ4n) is 4.09. The second kappa shape index (κ2) is 7.61. The third-order valence-electron chi connectivity index (χ3n) is 5.82. The topological polar surface area (TPSA) is 59.8 Å². The number of likely N-dealkylation sites (tertiary alicyclic amines) is 1. The number of benzene rings is 1. The van der Waals surface area contributed by atoms with Crippen molar-refractivity contribution in [3.05, 3.63) is 59.2 Å². The minimum atomic E-state index is 0.0195. The average molecular weight is 367 g/mol. The van der Waals surface area contributed by atoms with E-state index in [0.717, 1.165) is 40.9 Å². The molecule has 5 nitrogen and oxygen atoms in total. The van der Waals surface area contributed by atoms with E-state index >= 15 is 0 Å². The summed E-state index contributed by atoms with van der Waals surface area (Å²) >= 11 is 0. The van der Waals surface area contributed by atoms with Gasteiger partial charge in [-0.3, -0.25) is 4.79 Å². The van der Waals surface area contributed by atoms with Crippen molar-refractivity contribution >= 4 is 16.9 Å². The summed E-state index contributed by atoms with van der Waals surface area (Å²) in [6.07, 6.45) is 6.23. The Hall–Kier alpha value is -2.53. The van der Waals surface area contributed by atoms with Gasteiger partial charge in [-0.05, 0) is 37.1 Å². The predicted molar refractivity (Wildman–Crippen MR) is 104 cm³/mol. The molecular weight excluding hydrogens is 340 g/mol. The molecule has 0 saturated carbocycles. The summed E-state index contributed by atoms with van der Waals surface area (Å²) in [5.41, 5.74) is 4.15. The molecule has 1 atom stereocenters. The number of furan rings is 2. The molecule has 1 saturated heterocycles. The molecule has 2 aromatic heterocycles. The molecule has 1 aliphatic rings. The molecule has 4 rings (SSSR count). The number of quaternary nitrogens is 1. The van der Waals surface area contributed by atoms with E-state index in [2.05, 4.69) is 25.2 Å². The highest BCUT2D eigenvalue weighted by Crippen LogP contribution is 2.26. The van der Waals surface area contributed by atoms with E-state index in [4.69, 9.17) is 8.83 Å². The molecule has 0 radical (unpaired) electrons. The van der Waals surface area contributed by atoms with Crippen molar-refractivity contribution in [1.82, 2.24) is 5.32 Å². The number of amides is 1. The van der Waals surface area contributed by atoms with Crippen molar-refractivity contribution < 1.29 is 18.5 Å². The number of rotatable bonds is 6. The summed E-state index contributed by atoms with van der Waals surface area (Å²) in [4.78, 5) is 14.1. The van der Waals surface area contributed by atoms with Crippen LogP contribution in [-0.2, 0) is 11.2 Å². The summed E-state index contributed by atoms with van der Waals surface area (Å²) in [7, 11) is 0. The van der Waals surface area contributed by atoms with Gasteiger partial charge in [-0.1, -0.05) is 12.1 Å². The van der Waals surface area contributed by atoms with Crippen LogP contribution in [0.2, 0.25) is 0 Å². The molecule has 142 valence electrons. The Morgan fingerprint density at radius 1 is 1.19 bits per heavy atom. The molecule has 5 heteroatoms. The molecule has 3 aromatic rings. The molecule has 0 unspecified atom stereocenters. The first-order valence-electron chi connectivity index (χ1n) is 9.74. The summed E-state index contributed by atoms with van der Waals surface area (Å²) in [6.45, 7) is 6.98. The fourth-order valence-corrected chi connectivity index (χ4v) is 4.09. The number of aryl methyl sites for hydroxylation is 2. The van der Waals surface area contributed by atoms with Gasteiger partial charge in [0.25, 0.3) is 0 Å². The SMILES string of the molecule is Cc1ccc2c(CC(=O)NC[C@H](c3ccco3)[NH+]3CCCC3)coc2c1C. The largest absolute Gasteiger partial charge is 0.464 e. The Kier molecular flexibility index (Phi) is 5.03. The van der Waals surface area contributed by atoms with Crippen LogP contribution in [0.25, 0.3) is 11.0 Å². The molecule has 27 heavy (non-hydrogen) atoms. The van der Waals surface area contributed by atoms with E-state index in [1.165, 1.54) is 23.3 Å². The summed E-state index contributed by atoms with van der Waals surface area (Å²) in [6, 6.07) is 8.23. The van der Waals surface area contributed by atoms with Gasteiger partial charge in [0, 0.05) is 23.8 Å². The van der Waals surface area contributed by atoms with Gasteiger partial charge in [0.05, 0.1) is 38.6 Å². The van der Waals surface area contributed by atoms with Gasteiger partial charge < -0.3 is 19.1 Å². The highest BCUT2D eigenvalue weighted by molar-refractivity contribution is 5.89. The molecular formula is C22H27N2O3+. The van der Waals surface area contributed by atoms with Crippen molar-refractivity contribution in [3.63, 3.8) is 0 Å². The van der Waals surface area contributed by atoms with Gasteiger partial charge in [-0.2, -0.15) is 0 Å². The average Bonchev–Trinajstić information content (AvgIpc) is 3.41. The van der Waals surface area contributed by atoms with Crippen LogP contribution in [0, 0.1) is 13.8 Å². The Balaban J connectivity index is 1.44. The Labute approximate surface area is 159 Å². The van der Waals surface area contributed by atoms with E-state index in [9.17, 15) is 4.79 Å². The summed E-state index contributed by atoms with van der Waals surface area (Å²) < 4.78 is 11.4. The van der Waals surface area contributed by atoms with Crippen LogP contribution in [0.5, 0.6) is 0 Å². The van der Waals surface area contributed by atoms with Gasteiger partial charge in [0.15, 0.2) is 11.8 Å². The summed E-state index contributed by atoms with van der Waals surface area (Å²) in [5, 5.41) is 4.14. The lowest BCUT2D eigenvalue weighted by Crippen LogP contribution is -3.11. The molecule has 3 heterocycles. The molecule has 1 aliphatic heterocycles. The van der Waals surface area contributed by atoms with Crippen molar-refractivity contribution in [3.8, 4) is 0 Å². The lowest BCUT2D eigenvalue weighted by Gasteiger charge is -2.23. The number of fused-ring (bicyclic) bond motifs is 1. The van der Waals surface area contributed by atoms with Crippen LogP contribution >= 0.6 is 0 Å². The van der Waals surface area contributed by atoms with E-state index < -0.39 is 0 Å². The minimum Gasteiger partial charge on any atom is -0.464 e. The predicted octanol–water partition coefficient (Wildman–Crippen LogP) is 2.72. The van der Waals surface area contributed by atoms with E-state index in [0.29, 0.717) is 13.0 Å². The molecule has 2 N–H and O–H groups in total. The van der Waals surface area contributed by atoms with Crippen molar-refractivity contribution in [2.75, 3.05) is 19.6 Å². The van der Waals surface area contributed by atoms with Crippen LogP contribution in [0.1, 0.15) is 41.3 Å². The standard InChI is InChI=1S/C22H26N2O3/c1-15-7-8-18-17(14-27-22(18)16(15)2)12-21(25)23-13-19(20-6-5-11-26-20)24-9-3-4-10-24/h5-8,11,14,19H,3-4,9-10,12-13H2,1-2H3,(H,23,25)/p+1/t19-/m1/s1. The molecule has 0 aliphatic carbocycles. The molecule has 0 spiro atoms. The molecule has 1 amide bonds. The lowest BCUT2D eigenvalue weighted by atomic mass is 10.0. The van der Waals surface area contributed by atoms with E-state index in [1.807, 2.05) is 18.2 Å². The zero-order valence-corrected chi connectivity index (χ0v) is 16.0. The number of nitrogens with one attached hydrogen (secondary N) is 2. The number of carbonyl (C=O) groups excluding carboxylic acids is 1. The molecule has 0 bridgehead atoms. The normalized spacial score (nSPS) is 16.1. The number of hydrogen-bond donors (Lipinski definition) is 2. The fraction of sp³-hybridized carbons (Fsp3) is 0.409. The van der Waals surface area contributed by atoms with Gasteiger partial charge >= 0.3 is 0 Å². The maximum Gasteiger partial charge on any atom is 0.224 e. The van der Waals surface area contributed by atoms with E-state index in [-0.39, 0.29) is 11.9 Å². The maximum atomic E-state index is 12.6. The zero-order valence-electron chi connectivity index (χ0n) is 16.0. The first kappa shape index (κ1) is 17.9. The lowest BCUT2D eigenvalue weighted by molar-refractivity contribution is -0.919. The Morgan fingerprint density at radius 2 is 2.00 bits per heavy atom. The quantitative estimate of drug-likeness (QED) is 0.704. The van der Waals surface area contributed by atoms with Crippen LogP contribution in [-0.4, -0.2) is 25.5 Å². The first-order valence-corrected chi connectivity index (χ1v) is 9.74. The molecule has 1 aromatic carbocycles. The monoisotopic (exact) mass is 367 g/mol. The minimum absolute atomic E-state index is 0.0195. The van der Waals surface area contributed by atoms with Gasteiger partial charge in [-0.25, -0.2) is 0 Å². The third kappa shape index (κ3) is 3.65. The van der Waals surface area contributed by atoms with Crippen molar-refractivity contribution in [2.45, 2.75) is 39.2 Å². The smallest absolute Gasteiger partial charge is 0.224 e. The van der Waals surface area contributed by atoms with Crippen molar-refractivity contribution in [1.29, 1.82) is 0 Å². The van der Waals surface area contributed by atoms with Crippen LogP contribution < -0.4 is 10.2 Å². The third-order valence-corrected chi connectivity index (χ3v) is 5.82. The van der Waals surface area contributed by atoms with Crippen molar-refractivity contribution in [2.24, 2.45) is 0 Å². The van der Waals surface area contributed by atoms with E-state index in [1.54, 1.807) is 12.5 Å². The molecule has 1 fully saturated rings.